The Bertz CT molecular complexity index is 555. The Balaban J connectivity index is 1.97. The van der Waals surface area contributed by atoms with Crippen molar-refractivity contribution in [3.63, 3.8) is 0 Å². The summed E-state index contributed by atoms with van der Waals surface area (Å²) in [4.78, 5) is 0. The van der Waals surface area contributed by atoms with E-state index >= 15 is 0 Å². The molecule has 3 heteroatoms. The SMILES string of the molecule is CCCCCCCCCCCCCCNc1cc(Cl)cc(NCCCCCCCCCCCCCC)c1. The molecule has 0 heterocycles. The average molecular weight is 535 g/mol. The van der Waals surface area contributed by atoms with Crippen LogP contribution in [0.5, 0.6) is 0 Å². The van der Waals surface area contributed by atoms with Crippen molar-refractivity contribution in [3.05, 3.63) is 23.2 Å². The first kappa shape index (κ1) is 34.1. The zero-order valence-electron chi connectivity index (χ0n) is 25.0. The predicted molar refractivity (Wildman–Crippen MR) is 171 cm³/mol. The van der Waals surface area contributed by atoms with Crippen LogP contribution < -0.4 is 10.6 Å². The van der Waals surface area contributed by atoms with E-state index in [2.05, 4.69) is 42.7 Å². The molecule has 0 aliphatic heterocycles. The number of rotatable bonds is 28. The molecule has 0 aliphatic carbocycles. The Labute approximate surface area is 237 Å². The summed E-state index contributed by atoms with van der Waals surface area (Å²) in [6, 6.07) is 6.32. The summed E-state index contributed by atoms with van der Waals surface area (Å²) >= 11 is 6.39. The molecule has 0 fully saturated rings. The fourth-order valence-corrected chi connectivity index (χ4v) is 5.43. The van der Waals surface area contributed by atoms with Crippen molar-refractivity contribution in [2.75, 3.05) is 23.7 Å². The van der Waals surface area contributed by atoms with Gasteiger partial charge in [-0.2, -0.15) is 0 Å². The van der Waals surface area contributed by atoms with Crippen LogP contribution >= 0.6 is 11.6 Å². The van der Waals surface area contributed by atoms with Crippen LogP contribution in [0.15, 0.2) is 18.2 Å². The Morgan fingerprint density at radius 1 is 0.405 bits per heavy atom. The monoisotopic (exact) mass is 534 g/mol. The third kappa shape index (κ3) is 22.8. The summed E-state index contributed by atoms with van der Waals surface area (Å²) < 4.78 is 0. The van der Waals surface area contributed by atoms with E-state index in [1.807, 2.05) is 0 Å². The van der Waals surface area contributed by atoms with Gasteiger partial charge in [-0.05, 0) is 31.0 Å². The lowest BCUT2D eigenvalue weighted by Gasteiger charge is -2.11. The third-order valence-corrected chi connectivity index (χ3v) is 7.83. The van der Waals surface area contributed by atoms with E-state index in [4.69, 9.17) is 11.6 Å². The number of unbranched alkanes of at least 4 members (excludes halogenated alkanes) is 22. The van der Waals surface area contributed by atoms with Crippen LogP contribution in [0.1, 0.15) is 168 Å². The normalized spacial score (nSPS) is 11.2. The first-order valence-corrected chi connectivity index (χ1v) is 16.9. The first-order valence-electron chi connectivity index (χ1n) is 16.5. The van der Waals surface area contributed by atoms with Gasteiger partial charge in [0.2, 0.25) is 0 Å². The lowest BCUT2D eigenvalue weighted by atomic mass is 10.1. The van der Waals surface area contributed by atoms with E-state index in [-0.39, 0.29) is 0 Å². The van der Waals surface area contributed by atoms with E-state index in [9.17, 15) is 0 Å². The number of hydrogen-bond acceptors (Lipinski definition) is 2. The van der Waals surface area contributed by atoms with Gasteiger partial charge in [0.15, 0.2) is 0 Å². The highest BCUT2D eigenvalue weighted by atomic mass is 35.5. The maximum Gasteiger partial charge on any atom is 0.0447 e. The molecule has 0 aliphatic rings. The number of anilines is 2. The maximum atomic E-state index is 6.39. The summed E-state index contributed by atoms with van der Waals surface area (Å²) in [5.74, 6) is 0. The molecule has 0 unspecified atom stereocenters. The molecule has 216 valence electrons. The van der Waals surface area contributed by atoms with Crippen molar-refractivity contribution in [2.24, 2.45) is 0 Å². The molecule has 0 bridgehead atoms. The van der Waals surface area contributed by atoms with Gasteiger partial charge in [-0.25, -0.2) is 0 Å². The van der Waals surface area contributed by atoms with E-state index < -0.39 is 0 Å². The molecule has 1 aromatic rings. The highest BCUT2D eigenvalue weighted by molar-refractivity contribution is 6.31. The van der Waals surface area contributed by atoms with Crippen LogP contribution in [0.2, 0.25) is 5.02 Å². The summed E-state index contributed by atoms with van der Waals surface area (Å²) in [6.45, 7) is 6.66. The van der Waals surface area contributed by atoms with Crippen LogP contribution in [0, 0.1) is 0 Å². The van der Waals surface area contributed by atoms with E-state index in [1.165, 1.54) is 154 Å². The zero-order valence-corrected chi connectivity index (χ0v) is 25.8. The quantitative estimate of drug-likeness (QED) is 0.104. The molecule has 37 heavy (non-hydrogen) atoms. The molecule has 0 saturated carbocycles. The molecule has 1 rings (SSSR count). The van der Waals surface area contributed by atoms with Crippen molar-refractivity contribution >= 4 is 23.0 Å². The largest absolute Gasteiger partial charge is 0.385 e. The van der Waals surface area contributed by atoms with E-state index in [1.54, 1.807) is 0 Å². The van der Waals surface area contributed by atoms with Gasteiger partial charge in [0.25, 0.3) is 0 Å². The van der Waals surface area contributed by atoms with Gasteiger partial charge >= 0.3 is 0 Å². The van der Waals surface area contributed by atoms with Gasteiger partial charge in [0, 0.05) is 29.5 Å². The number of nitrogens with one attached hydrogen (secondary N) is 2. The molecule has 1 aromatic carbocycles. The van der Waals surface area contributed by atoms with Crippen molar-refractivity contribution in [3.8, 4) is 0 Å². The standard InChI is InChI=1S/C34H63ClN2/c1-3-5-7-9-11-13-15-17-19-21-23-25-27-36-33-29-32(35)30-34(31-33)37-28-26-24-22-20-18-16-14-12-10-8-6-4-2/h29-31,36-37H,3-28H2,1-2H3. The van der Waals surface area contributed by atoms with Gasteiger partial charge in [0.05, 0.1) is 0 Å². The summed E-state index contributed by atoms with van der Waals surface area (Å²) in [6.07, 6.45) is 33.5. The molecular weight excluding hydrogens is 472 g/mol. The van der Waals surface area contributed by atoms with Crippen LogP contribution in [-0.4, -0.2) is 13.1 Å². The minimum absolute atomic E-state index is 0.817. The topological polar surface area (TPSA) is 24.1 Å². The second kappa shape index (κ2) is 26.7. The summed E-state index contributed by atoms with van der Waals surface area (Å²) in [5, 5.41) is 7.99. The van der Waals surface area contributed by atoms with E-state index in [0.717, 1.165) is 29.5 Å². The molecule has 0 saturated heterocycles. The molecule has 0 atom stereocenters. The maximum absolute atomic E-state index is 6.39. The Kier molecular flexibility index (Phi) is 24.6. The van der Waals surface area contributed by atoms with Gasteiger partial charge in [0.1, 0.15) is 0 Å². The Hall–Kier alpha value is -0.890. The van der Waals surface area contributed by atoms with Crippen LogP contribution in [0.4, 0.5) is 11.4 Å². The molecular formula is C34H63ClN2. The minimum atomic E-state index is 0.817. The van der Waals surface area contributed by atoms with Crippen molar-refractivity contribution in [1.29, 1.82) is 0 Å². The minimum Gasteiger partial charge on any atom is -0.385 e. The number of hydrogen-bond donors (Lipinski definition) is 2. The van der Waals surface area contributed by atoms with Gasteiger partial charge in [-0.1, -0.05) is 167 Å². The van der Waals surface area contributed by atoms with Crippen molar-refractivity contribution in [2.45, 2.75) is 168 Å². The molecule has 2 N–H and O–H groups in total. The van der Waals surface area contributed by atoms with Crippen LogP contribution in [0.25, 0.3) is 0 Å². The molecule has 0 amide bonds. The van der Waals surface area contributed by atoms with Crippen molar-refractivity contribution < 1.29 is 0 Å². The second-order valence-corrected chi connectivity index (χ2v) is 11.8. The second-order valence-electron chi connectivity index (χ2n) is 11.4. The van der Waals surface area contributed by atoms with Gasteiger partial charge in [-0.3, -0.25) is 0 Å². The lowest BCUT2D eigenvalue weighted by Crippen LogP contribution is -2.04. The van der Waals surface area contributed by atoms with E-state index in [0.29, 0.717) is 0 Å². The zero-order chi connectivity index (χ0) is 26.7. The molecule has 0 spiro atoms. The molecule has 0 aromatic heterocycles. The summed E-state index contributed by atoms with van der Waals surface area (Å²) in [5.41, 5.74) is 2.29. The fourth-order valence-electron chi connectivity index (χ4n) is 5.19. The highest BCUT2D eigenvalue weighted by Gasteiger charge is 2.01. The third-order valence-electron chi connectivity index (χ3n) is 7.62. The smallest absolute Gasteiger partial charge is 0.0447 e. The Morgan fingerprint density at radius 3 is 0.973 bits per heavy atom. The average Bonchev–Trinajstić information content (AvgIpc) is 2.89. The predicted octanol–water partition coefficient (Wildman–Crippen LogP) is 12.6. The highest BCUT2D eigenvalue weighted by Crippen LogP contribution is 2.23. The lowest BCUT2D eigenvalue weighted by molar-refractivity contribution is 0.546. The Morgan fingerprint density at radius 2 is 0.676 bits per heavy atom. The van der Waals surface area contributed by atoms with Crippen LogP contribution in [-0.2, 0) is 0 Å². The first-order chi connectivity index (χ1) is 18.3. The fraction of sp³-hybridized carbons (Fsp3) is 0.824. The van der Waals surface area contributed by atoms with Gasteiger partial charge in [-0.15, -0.1) is 0 Å². The number of benzene rings is 1. The van der Waals surface area contributed by atoms with Gasteiger partial charge < -0.3 is 10.6 Å². The molecule has 2 nitrogen and oxygen atoms in total. The van der Waals surface area contributed by atoms with Crippen molar-refractivity contribution in [1.82, 2.24) is 0 Å². The van der Waals surface area contributed by atoms with Crippen LogP contribution in [0.3, 0.4) is 0 Å². The number of halogens is 1. The molecule has 0 radical (unpaired) electrons. The summed E-state index contributed by atoms with van der Waals surface area (Å²) in [7, 11) is 0.